The number of benzene rings is 1. The third-order valence-corrected chi connectivity index (χ3v) is 4.07. The molecule has 26 heavy (non-hydrogen) atoms. The van der Waals surface area contributed by atoms with Gasteiger partial charge in [0.15, 0.2) is 0 Å². The lowest BCUT2D eigenvalue weighted by Crippen LogP contribution is -1.94. The Morgan fingerprint density at radius 3 is 2.35 bits per heavy atom. The van der Waals surface area contributed by atoms with E-state index in [0.717, 1.165) is 16.2 Å². The van der Waals surface area contributed by atoms with E-state index < -0.39 is 0 Å². The van der Waals surface area contributed by atoms with Crippen LogP contribution in [0.2, 0.25) is 0 Å². The Morgan fingerprint density at radius 1 is 0.692 bits per heavy atom. The first kappa shape index (κ1) is 16.2. The van der Waals surface area contributed by atoms with Crippen LogP contribution in [-0.2, 0) is 0 Å². The molecular formula is C20H14N4OS. The molecule has 0 bridgehead atoms. The lowest BCUT2D eigenvalue weighted by molar-refractivity contribution is 0.445. The van der Waals surface area contributed by atoms with Gasteiger partial charge in [-0.05, 0) is 24.3 Å². The fourth-order valence-corrected chi connectivity index (χ4v) is 2.74. The summed E-state index contributed by atoms with van der Waals surface area (Å²) in [5, 5.41) is 0. The molecule has 0 aliphatic heterocycles. The van der Waals surface area contributed by atoms with Crippen LogP contribution in [0, 0.1) is 0 Å². The minimum Gasteiger partial charge on any atom is -0.421 e. The first-order valence-corrected chi connectivity index (χ1v) is 8.41. The molecule has 0 spiro atoms. The summed E-state index contributed by atoms with van der Waals surface area (Å²) in [6.07, 6.45) is 3.20. The molecule has 0 radical (unpaired) electrons. The Hall–Kier alpha value is -3.25. The summed E-state index contributed by atoms with van der Waals surface area (Å²) in [4.78, 5) is 18.2. The van der Waals surface area contributed by atoms with Gasteiger partial charge in [-0.1, -0.05) is 30.3 Å². The van der Waals surface area contributed by atoms with Crippen molar-refractivity contribution in [1.29, 1.82) is 0 Å². The summed E-state index contributed by atoms with van der Waals surface area (Å²) >= 11 is 4.50. The molecule has 0 unspecified atom stereocenters. The number of hydrogen-bond acceptors (Lipinski definition) is 6. The summed E-state index contributed by atoms with van der Waals surface area (Å²) in [5.41, 5.74) is 3.13. The van der Waals surface area contributed by atoms with Gasteiger partial charge in [-0.2, -0.15) is 0 Å². The summed E-state index contributed by atoms with van der Waals surface area (Å²) in [6.45, 7) is 0. The van der Waals surface area contributed by atoms with Crippen molar-refractivity contribution in [3.63, 3.8) is 0 Å². The van der Waals surface area contributed by atoms with Crippen LogP contribution in [0.15, 0.2) is 84.1 Å². The van der Waals surface area contributed by atoms with E-state index >= 15 is 0 Å². The topological polar surface area (TPSA) is 60.8 Å². The highest BCUT2D eigenvalue weighted by Gasteiger charge is 2.09. The quantitative estimate of drug-likeness (QED) is 0.537. The maximum Gasteiger partial charge on any atom is 0.221 e. The molecule has 3 aromatic heterocycles. The molecule has 0 aliphatic carbocycles. The highest BCUT2D eigenvalue weighted by molar-refractivity contribution is 7.80. The van der Waals surface area contributed by atoms with Gasteiger partial charge in [0.05, 0.1) is 17.1 Å². The van der Waals surface area contributed by atoms with Crippen LogP contribution in [0.3, 0.4) is 0 Å². The average molecular weight is 358 g/mol. The molecule has 0 amide bonds. The highest BCUT2D eigenvalue weighted by atomic mass is 32.1. The predicted octanol–water partition coefficient (Wildman–Crippen LogP) is 4.68. The first-order valence-electron chi connectivity index (χ1n) is 7.96. The Labute approximate surface area is 156 Å². The van der Waals surface area contributed by atoms with Crippen molar-refractivity contribution < 1.29 is 4.74 Å². The molecule has 4 rings (SSSR count). The van der Waals surface area contributed by atoms with Crippen molar-refractivity contribution in [1.82, 2.24) is 19.9 Å². The van der Waals surface area contributed by atoms with Gasteiger partial charge in [0.1, 0.15) is 6.33 Å². The van der Waals surface area contributed by atoms with Gasteiger partial charge < -0.3 is 4.74 Å². The summed E-state index contributed by atoms with van der Waals surface area (Å²) < 4.78 is 5.70. The standard InChI is InChI=1S/C20H14N4OS/c26-18-8-2-1-6-14(18)16-12-17(23-13-22-16)15-7-5-10-20(24-15)25-19-9-3-4-11-21-19/h1-13,26H. The maximum absolute atomic E-state index is 5.70. The molecule has 0 atom stereocenters. The number of hydrogen-bond donors (Lipinski definition) is 1. The molecular weight excluding hydrogens is 344 g/mol. The second-order valence-electron chi connectivity index (χ2n) is 5.44. The van der Waals surface area contributed by atoms with Crippen molar-refractivity contribution in [3.8, 4) is 34.4 Å². The zero-order chi connectivity index (χ0) is 17.8. The average Bonchev–Trinajstić information content (AvgIpc) is 2.69. The molecule has 0 N–H and O–H groups in total. The van der Waals surface area contributed by atoms with Crippen LogP contribution in [0.4, 0.5) is 0 Å². The van der Waals surface area contributed by atoms with E-state index in [1.807, 2.05) is 54.6 Å². The summed E-state index contributed by atoms with van der Waals surface area (Å²) in [5.74, 6) is 0.945. The van der Waals surface area contributed by atoms with Crippen LogP contribution < -0.4 is 4.74 Å². The van der Waals surface area contributed by atoms with Crippen LogP contribution in [0.5, 0.6) is 11.8 Å². The van der Waals surface area contributed by atoms with E-state index in [4.69, 9.17) is 4.74 Å². The molecule has 3 heterocycles. The van der Waals surface area contributed by atoms with Crippen molar-refractivity contribution in [3.05, 3.63) is 79.3 Å². The predicted molar refractivity (Wildman–Crippen MR) is 102 cm³/mol. The van der Waals surface area contributed by atoms with Crippen molar-refractivity contribution >= 4 is 12.6 Å². The number of aromatic nitrogens is 4. The highest BCUT2D eigenvalue weighted by Crippen LogP contribution is 2.27. The fraction of sp³-hybridized carbons (Fsp3) is 0. The van der Waals surface area contributed by atoms with Crippen LogP contribution in [0.25, 0.3) is 22.6 Å². The SMILES string of the molecule is Sc1ccccc1-c1cc(-c2cccc(Oc3ccccn3)n2)ncn1. The van der Waals surface area contributed by atoms with E-state index in [0.29, 0.717) is 23.1 Å². The van der Waals surface area contributed by atoms with Gasteiger partial charge in [0.25, 0.3) is 0 Å². The van der Waals surface area contributed by atoms with Crippen LogP contribution in [-0.4, -0.2) is 19.9 Å². The lowest BCUT2D eigenvalue weighted by atomic mass is 10.1. The van der Waals surface area contributed by atoms with Gasteiger partial charge >= 0.3 is 0 Å². The Kier molecular flexibility index (Phi) is 4.57. The molecule has 0 saturated heterocycles. The third kappa shape index (κ3) is 3.55. The van der Waals surface area contributed by atoms with E-state index in [1.165, 1.54) is 6.33 Å². The summed E-state index contributed by atoms with van der Waals surface area (Å²) in [7, 11) is 0. The molecule has 1 aromatic carbocycles. The van der Waals surface area contributed by atoms with Gasteiger partial charge in [-0.25, -0.2) is 19.9 Å². The number of pyridine rings is 2. The Balaban J connectivity index is 1.67. The number of thiol groups is 1. The largest absolute Gasteiger partial charge is 0.421 e. The molecule has 0 saturated carbocycles. The molecule has 6 heteroatoms. The van der Waals surface area contributed by atoms with Gasteiger partial charge in [-0.15, -0.1) is 12.6 Å². The van der Waals surface area contributed by atoms with E-state index in [1.54, 1.807) is 18.3 Å². The van der Waals surface area contributed by atoms with Gasteiger partial charge in [-0.3, -0.25) is 0 Å². The molecule has 5 nitrogen and oxygen atoms in total. The lowest BCUT2D eigenvalue weighted by Gasteiger charge is -2.07. The maximum atomic E-state index is 5.70. The van der Waals surface area contributed by atoms with E-state index in [2.05, 4.69) is 32.6 Å². The number of rotatable bonds is 4. The monoisotopic (exact) mass is 358 g/mol. The normalized spacial score (nSPS) is 10.5. The molecule has 0 fully saturated rings. The second kappa shape index (κ2) is 7.33. The van der Waals surface area contributed by atoms with Crippen molar-refractivity contribution in [2.24, 2.45) is 0 Å². The summed E-state index contributed by atoms with van der Waals surface area (Å²) in [6, 6.07) is 20.7. The number of nitrogens with zero attached hydrogens (tertiary/aromatic N) is 4. The minimum atomic E-state index is 0.455. The third-order valence-electron chi connectivity index (χ3n) is 3.68. The Bertz CT molecular complexity index is 1040. The van der Waals surface area contributed by atoms with Crippen molar-refractivity contribution in [2.45, 2.75) is 4.90 Å². The number of ether oxygens (including phenoxy) is 1. The molecule has 0 aliphatic rings. The zero-order valence-corrected chi connectivity index (χ0v) is 14.5. The van der Waals surface area contributed by atoms with Crippen LogP contribution in [0.1, 0.15) is 0 Å². The Morgan fingerprint density at radius 2 is 1.50 bits per heavy atom. The van der Waals surface area contributed by atoms with E-state index in [-0.39, 0.29) is 0 Å². The van der Waals surface area contributed by atoms with Crippen molar-refractivity contribution in [2.75, 3.05) is 0 Å². The van der Waals surface area contributed by atoms with Crippen LogP contribution >= 0.6 is 12.6 Å². The van der Waals surface area contributed by atoms with Gasteiger partial charge in [0.2, 0.25) is 11.8 Å². The second-order valence-corrected chi connectivity index (χ2v) is 5.92. The smallest absolute Gasteiger partial charge is 0.221 e. The van der Waals surface area contributed by atoms with E-state index in [9.17, 15) is 0 Å². The minimum absolute atomic E-state index is 0.455. The fourth-order valence-electron chi connectivity index (χ4n) is 2.46. The zero-order valence-electron chi connectivity index (χ0n) is 13.6. The first-order chi connectivity index (χ1) is 12.8. The van der Waals surface area contributed by atoms with Gasteiger partial charge in [0, 0.05) is 28.8 Å². The molecule has 126 valence electrons. The molecule has 4 aromatic rings.